The number of oxime groups is 1. The lowest BCUT2D eigenvalue weighted by Crippen LogP contribution is -2.26. The van der Waals surface area contributed by atoms with Crippen molar-refractivity contribution in [3.05, 3.63) is 0 Å². The zero-order chi connectivity index (χ0) is 9.83. The Morgan fingerprint density at radius 1 is 0.917 bits per heavy atom. The first-order valence-electron chi connectivity index (χ1n) is 4.08. The largest absolute Gasteiger partial charge is 0.535 e. The summed E-state index contributed by atoms with van der Waals surface area (Å²) in [5.41, 5.74) is 0. The van der Waals surface area contributed by atoms with Crippen LogP contribution in [-0.2, 0) is 8.95 Å². The molecule has 72 valence electrons. The summed E-state index contributed by atoms with van der Waals surface area (Å²) in [5.74, 6) is 0. The van der Waals surface area contributed by atoms with Gasteiger partial charge in [0.25, 0.3) is 8.32 Å². The normalized spacial score (nSPS) is 13.5. The molecule has 0 radical (unpaired) electrons. The molecule has 3 nitrogen and oxygen atoms in total. The Morgan fingerprint density at radius 2 is 1.42 bits per heavy atom. The second-order valence-electron chi connectivity index (χ2n) is 4.64. The van der Waals surface area contributed by atoms with Crippen molar-refractivity contribution in [1.82, 2.24) is 0 Å². The highest BCUT2D eigenvalue weighted by molar-refractivity contribution is 6.71. The summed E-state index contributed by atoms with van der Waals surface area (Å²) in [6.45, 7) is 12.6. The topological polar surface area (TPSA) is 30.8 Å². The van der Waals surface area contributed by atoms with Crippen LogP contribution in [0.2, 0.25) is 39.3 Å². The summed E-state index contributed by atoms with van der Waals surface area (Å²) in [6, 6.07) is 0. The van der Waals surface area contributed by atoms with E-state index in [1.165, 1.54) is 6.40 Å². The van der Waals surface area contributed by atoms with Crippen LogP contribution in [0.3, 0.4) is 0 Å². The molecule has 0 saturated carbocycles. The van der Waals surface area contributed by atoms with Crippen LogP contribution in [0.1, 0.15) is 0 Å². The average molecular weight is 205 g/mol. The third-order valence-corrected chi connectivity index (χ3v) is 2.24. The molecule has 0 aromatic rings. The van der Waals surface area contributed by atoms with Gasteiger partial charge in [-0.25, -0.2) is 0 Å². The van der Waals surface area contributed by atoms with E-state index in [0.29, 0.717) is 0 Å². The van der Waals surface area contributed by atoms with Crippen LogP contribution in [0, 0.1) is 0 Å². The van der Waals surface area contributed by atoms with Gasteiger partial charge in [0.1, 0.15) is 0 Å². The van der Waals surface area contributed by atoms with E-state index in [1.807, 2.05) is 0 Å². The van der Waals surface area contributed by atoms with Gasteiger partial charge in [0.15, 0.2) is 6.40 Å². The second kappa shape index (κ2) is 4.09. The highest BCUT2D eigenvalue weighted by atomic mass is 28.4. The van der Waals surface area contributed by atoms with E-state index in [0.717, 1.165) is 0 Å². The lowest BCUT2D eigenvalue weighted by molar-refractivity contribution is 0.325. The lowest BCUT2D eigenvalue weighted by atomic mass is 11.6. The first kappa shape index (κ1) is 11.7. The highest BCUT2D eigenvalue weighted by Crippen LogP contribution is 2.03. The number of nitrogens with zero attached hydrogens (tertiary/aromatic N) is 1. The van der Waals surface area contributed by atoms with Gasteiger partial charge in [-0.3, -0.25) is 0 Å². The molecule has 0 heterocycles. The zero-order valence-corrected chi connectivity index (χ0v) is 10.8. The van der Waals surface area contributed by atoms with Gasteiger partial charge in [-0.15, -0.1) is 0 Å². The van der Waals surface area contributed by atoms with Gasteiger partial charge in [0.05, 0.1) is 0 Å². The summed E-state index contributed by atoms with van der Waals surface area (Å²) in [4.78, 5) is 0. The first-order chi connectivity index (χ1) is 5.21. The summed E-state index contributed by atoms with van der Waals surface area (Å²) >= 11 is 0. The fourth-order valence-electron chi connectivity index (χ4n) is 0.359. The summed E-state index contributed by atoms with van der Waals surface area (Å²) < 4.78 is 10.6. The number of hydrogen-bond acceptors (Lipinski definition) is 3. The lowest BCUT2D eigenvalue weighted by Gasteiger charge is -2.16. The fraction of sp³-hybridized carbons (Fsp3) is 0.857. The number of hydrogen-bond donors (Lipinski definition) is 0. The van der Waals surface area contributed by atoms with Crippen molar-refractivity contribution in [2.24, 2.45) is 5.16 Å². The SMILES string of the molecule is C[Si](C)(C)O/C=N/O[Si](C)(C)C. The molecular weight excluding hydrogens is 186 g/mol. The Bertz CT molecular complexity index is 140. The summed E-state index contributed by atoms with van der Waals surface area (Å²) in [7, 11) is -2.98. The van der Waals surface area contributed by atoms with Crippen molar-refractivity contribution < 1.29 is 8.95 Å². The van der Waals surface area contributed by atoms with Crippen molar-refractivity contribution in [1.29, 1.82) is 0 Å². The fourth-order valence-corrected chi connectivity index (χ4v) is 1.08. The van der Waals surface area contributed by atoms with Crippen LogP contribution in [0.5, 0.6) is 0 Å². The molecule has 0 amide bonds. The number of rotatable bonds is 4. The molecule has 0 saturated heterocycles. The van der Waals surface area contributed by atoms with Crippen molar-refractivity contribution in [3.8, 4) is 0 Å². The quantitative estimate of drug-likeness (QED) is 0.306. The predicted molar refractivity (Wildman–Crippen MR) is 57.4 cm³/mol. The van der Waals surface area contributed by atoms with E-state index in [9.17, 15) is 0 Å². The molecule has 0 aliphatic carbocycles. The average Bonchev–Trinajstić information content (AvgIpc) is 1.76. The Balaban J connectivity index is 3.66. The minimum Gasteiger partial charge on any atom is -0.535 e. The molecule has 0 bridgehead atoms. The van der Waals surface area contributed by atoms with E-state index in [-0.39, 0.29) is 0 Å². The van der Waals surface area contributed by atoms with Gasteiger partial charge >= 0.3 is 0 Å². The van der Waals surface area contributed by atoms with E-state index < -0.39 is 16.6 Å². The Kier molecular flexibility index (Phi) is 3.99. The molecule has 0 N–H and O–H groups in total. The highest BCUT2D eigenvalue weighted by Gasteiger charge is 2.16. The molecule has 0 aliphatic rings. The zero-order valence-electron chi connectivity index (χ0n) is 8.84. The molecule has 0 atom stereocenters. The third kappa shape index (κ3) is 9.70. The maximum Gasteiger partial charge on any atom is 0.278 e. The van der Waals surface area contributed by atoms with Crippen molar-refractivity contribution >= 4 is 23.0 Å². The third-order valence-electron chi connectivity index (χ3n) is 0.776. The van der Waals surface area contributed by atoms with E-state index in [2.05, 4.69) is 44.4 Å². The smallest absolute Gasteiger partial charge is 0.278 e. The molecular formula is C7H19NO2Si2. The van der Waals surface area contributed by atoms with Crippen molar-refractivity contribution in [2.75, 3.05) is 0 Å². The minimum atomic E-state index is -1.52. The summed E-state index contributed by atoms with van der Waals surface area (Å²) in [6.07, 6.45) is 1.43. The molecule has 0 aliphatic heterocycles. The molecule has 12 heavy (non-hydrogen) atoms. The van der Waals surface area contributed by atoms with E-state index in [1.54, 1.807) is 0 Å². The van der Waals surface area contributed by atoms with Gasteiger partial charge in [0.2, 0.25) is 8.32 Å². The molecule has 0 rings (SSSR count). The van der Waals surface area contributed by atoms with Gasteiger partial charge < -0.3 is 8.95 Å². The standard InChI is InChI=1S/C7H19NO2Si2/c1-11(2,3)9-7-8-10-12(4,5)6/h7H,1-6H3/b8-7+. The molecule has 0 aromatic heterocycles. The van der Waals surface area contributed by atoms with Crippen LogP contribution in [0.25, 0.3) is 0 Å². The Hall–Kier alpha value is -0.296. The van der Waals surface area contributed by atoms with Gasteiger partial charge in [-0.05, 0) is 39.3 Å². The summed E-state index contributed by atoms with van der Waals surface area (Å²) in [5, 5.41) is 3.78. The van der Waals surface area contributed by atoms with Gasteiger partial charge in [0, 0.05) is 0 Å². The first-order valence-corrected chi connectivity index (χ1v) is 10.9. The van der Waals surface area contributed by atoms with Crippen LogP contribution in [0.4, 0.5) is 0 Å². The van der Waals surface area contributed by atoms with Crippen molar-refractivity contribution in [3.63, 3.8) is 0 Å². The predicted octanol–water partition coefficient (Wildman–Crippen LogP) is 2.63. The molecule has 5 heteroatoms. The molecule has 0 unspecified atom stereocenters. The molecule has 0 aromatic carbocycles. The van der Waals surface area contributed by atoms with Gasteiger partial charge in [-0.1, -0.05) is 5.16 Å². The maximum atomic E-state index is 5.37. The Morgan fingerprint density at radius 3 is 1.75 bits per heavy atom. The van der Waals surface area contributed by atoms with Crippen LogP contribution in [0.15, 0.2) is 5.16 Å². The van der Waals surface area contributed by atoms with Crippen LogP contribution in [-0.4, -0.2) is 23.0 Å². The van der Waals surface area contributed by atoms with Crippen molar-refractivity contribution in [2.45, 2.75) is 39.3 Å². The monoisotopic (exact) mass is 205 g/mol. The molecule has 0 fully saturated rings. The van der Waals surface area contributed by atoms with Crippen LogP contribution < -0.4 is 0 Å². The molecule has 0 spiro atoms. The van der Waals surface area contributed by atoms with E-state index in [4.69, 9.17) is 8.95 Å². The minimum absolute atomic E-state index is 1.43. The maximum absolute atomic E-state index is 5.37. The Labute approximate surface area is 77.0 Å². The van der Waals surface area contributed by atoms with Gasteiger partial charge in [-0.2, -0.15) is 0 Å². The van der Waals surface area contributed by atoms with E-state index >= 15 is 0 Å². The second-order valence-corrected chi connectivity index (χ2v) is 13.5. The van der Waals surface area contributed by atoms with Crippen LogP contribution >= 0.6 is 0 Å².